The van der Waals surface area contributed by atoms with Gasteiger partial charge < -0.3 is 14.7 Å². The molecule has 0 radical (unpaired) electrons. The summed E-state index contributed by atoms with van der Waals surface area (Å²) in [5, 5.41) is 8.95. The van der Waals surface area contributed by atoms with Gasteiger partial charge in [-0.15, -0.1) is 0 Å². The first-order valence-electron chi connectivity index (χ1n) is 8.89. The van der Waals surface area contributed by atoms with Gasteiger partial charge >= 0.3 is 18.2 Å². The lowest BCUT2D eigenvalue weighted by atomic mass is 10.0. The Kier molecular flexibility index (Phi) is 6.27. The van der Waals surface area contributed by atoms with E-state index in [1.807, 2.05) is 4.90 Å². The summed E-state index contributed by atoms with van der Waals surface area (Å²) in [4.78, 5) is 26.5. The molecule has 28 heavy (non-hydrogen) atoms. The SMILES string of the molecule is CN(C(=O)OC(C)(C)C)[C@@H]1CCN(Cc2ccc(C(=O)O)cc2C(F)(F)F)C1. The molecule has 6 nitrogen and oxygen atoms in total. The predicted molar refractivity (Wildman–Crippen MR) is 96.1 cm³/mol. The summed E-state index contributed by atoms with van der Waals surface area (Å²) < 4.78 is 45.4. The van der Waals surface area contributed by atoms with Crippen LogP contribution in [-0.2, 0) is 17.5 Å². The fourth-order valence-corrected chi connectivity index (χ4v) is 3.11. The number of carboxylic acid groups (broad SMARTS) is 1. The van der Waals surface area contributed by atoms with Gasteiger partial charge in [-0.25, -0.2) is 9.59 Å². The molecule has 1 heterocycles. The van der Waals surface area contributed by atoms with Crippen LogP contribution in [0.1, 0.15) is 48.7 Å². The fourth-order valence-electron chi connectivity index (χ4n) is 3.11. The number of likely N-dealkylation sites (N-methyl/N-ethyl adjacent to an activating group) is 1. The van der Waals surface area contributed by atoms with Gasteiger partial charge in [0.25, 0.3) is 0 Å². The number of hydrogen-bond donors (Lipinski definition) is 1. The van der Waals surface area contributed by atoms with Crippen molar-refractivity contribution in [2.45, 2.75) is 51.6 Å². The van der Waals surface area contributed by atoms with E-state index in [0.29, 0.717) is 25.6 Å². The molecule has 0 spiro atoms. The number of ether oxygens (including phenoxy) is 1. The molecular formula is C19H25F3N2O4. The molecule has 1 N–H and O–H groups in total. The van der Waals surface area contributed by atoms with Gasteiger partial charge in [-0.3, -0.25) is 4.90 Å². The highest BCUT2D eigenvalue weighted by atomic mass is 19.4. The largest absolute Gasteiger partial charge is 0.478 e. The molecule has 0 aromatic heterocycles. The van der Waals surface area contributed by atoms with Gasteiger partial charge in [-0.05, 0) is 44.9 Å². The maximum Gasteiger partial charge on any atom is 0.416 e. The molecule has 0 bridgehead atoms. The monoisotopic (exact) mass is 402 g/mol. The molecule has 156 valence electrons. The van der Waals surface area contributed by atoms with Crippen LogP contribution in [0.4, 0.5) is 18.0 Å². The number of halogens is 3. The number of carbonyl (C=O) groups is 2. The second-order valence-corrected chi connectivity index (χ2v) is 7.94. The van der Waals surface area contributed by atoms with Crippen LogP contribution in [0.2, 0.25) is 0 Å². The van der Waals surface area contributed by atoms with Gasteiger partial charge in [0.05, 0.1) is 11.1 Å². The van der Waals surface area contributed by atoms with Crippen LogP contribution in [0.3, 0.4) is 0 Å². The van der Waals surface area contributed by atoms with E-state index in [4.69, 9.17) is 9.84 Å². The quantitative estimate of drug-likeness (QED) is 0.829. The van der Waals surface area contributed by atoms with E-state index in [9.17, 15) is 22.8 Å². The van der Waals surface area contributed by atoms with Gasteiger partial charge in [0.2, 0.25) is 0 Å². The zero-order chi connectivity index (χ0) is 21.3. The topological polar surface area (TPSA) is 70.1 Å². The van der Waals surface area contributed by atoms with E-state index in [0.717, 1.165) is 0 Å². The number of benzene rings is 1. The van der Waals surface area contributed by atoms with Gasteiger partial charge in [-0.1, -0.05) is 6.07 Å². The molecule has 0 aliphatic carbocycles. The summed E-state index contributed by atoms with van der Waals surface area (Å²) in [7, 11) is 1.62. The minimum atomic E-state index is -4.65. The van der Waals surface area contributed by atoms with Gasteiger partial charge in [0.15, 0.2) is 0 Å². The fraction of sp³-hybridized carbons (Fsp3) is 0.579. The zero-order valence-corrected chi connectivity index (χ0v) is 16.3. The summed E-state index contributed by atoms with van der Waals surface area (Å²) in [5.41, 5.74) is -1.97. The number of likely N-dealkylation sites (tertiary alicyclic amines) is 1. The molecule has 0 unspecified atom stereocenters. The number of alkyl halides is 3. The first-order valence-corrected chi connectivity index (χ1v) is 8.89. The molecule has 9 heteroatoms. The average Bonchev–Trinajstić information content (AvgIpc) is 3.00. The summed E-state index contributed by atoms with van der Waals surface area (Å²) in [6, 6.07) is 2.88. The van der Waals surface area contributed by atoms with E-state index < -0.39 is 35.0 Å². The van der Waals surface area contributed by atoms with E-state index in [1.165, 1.54) is 17.0 Å². The van der Waals surface area contributed by atoms with Crippen molar-refractivity contribution >= 4 is 12.1 Å². The Morgan fingerprint density at radius 2 is 1.93 bits per heavy atom. The highest BCUT2D eigenvalue weighted by Gasteiger charge is 2.36. The molecule has 2 rings (SSSR count). The molecule has 1 aliphatic heterocycles. The standard InChI is InChI=1S/C19H25F3N2O4/c1-18(2,3)28-17(27)23(4)14-7-8-24(11-14)10-13-6-5-12(16(25)26)9-15(13)19(20,21)22/h5-6,9,14H,7-8,10-11H2,1-4H3,(H,25,26)/t14-/m1/s1. The molecule has 1 aliphatic rings. The summed E-state index contributed by atoms with van der Waals surface area (Å²) >= 11 is 0. The minimum absolute atomic E-state index is 0.0121. The Labute approximate surface area is 161 Å². The Hall–Kier alpha value is -2.29. The van der Waals surface area contributed by atoms with Crippen molar-refractivity contribution < 1.29 is 32.6 Å². The molecule has 1 atom stereocenters. The lowest BCUT2D eigenvalue weighted by molar-refractivity contribution is -0.138. The summed E-state index contributed by atoms with van der Waals surface area (Å²) in [6.07, 6.45) is -4.50. The number of carboxylic acids is 1. The molecule has 1 amide bonds. The minimum Gasteiger partial charge on any atom is -0.478 e. The van der Waals surface area contributed by atoms with E-state index >= 15 is 0 Å². The number of amides is 1. The third kappa shape index (κ3) is 5.60. The van der Waals surface area contributed by atoms with Crippen LogP contribution in [0.5, 0.6) is 0 Å². The van der Waals surface area contributed by atoms with Gasteiger partial charge in [-0.2, -0.15) is 13.2 Å². The Balaban J connectivity index is 2.09. The molecule has 1 saturated heterocycles. The lowest BCUT2D eigenvalue weighted by Gasteiger charge is -2.28. The molecule has 1 aromatic rings. The second kappa shape index (κ2) is 7.98. The molecular weight excluding hydrogens is 377 g/mol. The van der Waals surface area contributed by atoms with E-state index in [2.05, 4.69) is 0 Å². The van der Waals surface area contributed by atoms with Crippen LogP contribution >= 0.6 is 0 Å². The summed E-state index contributed by atoms with van der Waals surface area (Å²) in [5.74, 6) is -1.41. The van der Waals surface area contributed by atoms with Gasteiger partial charge in [0, 0.05) is 32.7 Å². The Bertz CT molecular complexity index is 744. The van der Waals surface area contributed by atoms with Crippen molar-refractivity contribution in [2.24, 2.45) is 0 Å². The number of rotatable bonds is 4. The third-order valence-corrected chi connectivity index (χ3v) is 4.53. The van der Waals surface area contributed by atoms with Gasteiger partial charge in [0.1, 0.15) is 5.60 Å². The molecule has 1 fully saturated rings. The van der Waals surface area contributed by atoms with E-state index in [-0.39, 0.29) is 18.2 Å². The summed E-state index contributed by atoms with van der Waals surface area (Å²) in [6.45, 7) is 6.24. The highest BCUT2D eigenvalue weighted by molar-refractivity contribution is 5.88. The zero-order valence-electron chi connectivity index (χ0n) is 16.3. The number of nitrogens with zero attached hydrogens (tertiary/aromatic N) is 2. The maximum atomic E-state index is 13.4. The van der Waals surface area contributed by atoms with Crippen molar-refractivity contribution in [1.29, 1.82) is 0 Å². The van der Waals surface area contributed by atoms with Crippen LogP contribution in [0.25, 0.3) is 0 Å². The first kappa shape index (κ1) is 22.0. The van der Waals surface area contributed by atoms with Crippen molar-refractivity contribution in [2.75, 3.05) is 20.1 Å². The van der Waals surface area contributed by atoms with Crippen molar-refractivity contribution in [3.63, 3.8) is 0 Å². The second-order valence-electron chi connectivity index (χ2n) is 7.94. The molecule has 1 aromatic carbocycles. The van der Waals surface area contributed by atoms with Crippen LogP contribution in [-0.4, -0.2) is 58.7 Å². The van der Waals surface area contributed by atoms with Crippen LogP contribution < -0.4 is 0 Å². The first-order chi connectivity index (χ1) is 12.8. The van der Waals surface area contributed by atoms with E-state index in [1.54, 1.807) is 27.8 Å². The lowest BCUT2D eigenvalue weighted by Crippen LogP contribution is -2.42. The third-order valence-electron chi connectivity index (χ3n) is 4.53. The van der Waals surface area contributed by atoms with Crippen LogP contribution in [0.15, 0.2) is 18.2 Å². The highest BCUT2D eigenvalue weighted by Crippen LogP contribution is 2.34. The van der Waals surface area contributed by atoms with Crippen LogP contribution in [0, 0.1) is 0 Å². The number of aromatic carboxylic acids is 1. The number of carbonyl (C=O) groups excluding carboxylic acids is 1. The average molecular weight is 402 g/mol. The predicted octanol–water partition coefficient (Wildman–Crippen LogP) is 3.84. The smallest absolute Gasteiger partial charge is 0.416 e. The Morgan fingerprint density at radius 3 is 2.46 bits per heavy atom. The van der Waals surface area contributed by atoms with Crippen molar-refractivity contribution in [3.05, 3.63) is 34.9 Å². The Morgan fingerprint density at radius 1 is 1.29 bits per heavy atom. The maximum absolute atomic E-state index is 13.4. The number of hydrogen-bond acceptors (Lipinski definition) is 4. The van der Waals surface area contributed by atoms with Crippen molar-refractivity contribution in [1.82, 2.24) is 9.80 Å². The molecule has 0 saturated carbocycles. The normalized spacial score (nSPS) is 18.2. The van der Waals surface area contributed by atoms with Crippen molar-refractivity contribution in [3.8, 4) is 0 Å².